The molecular formula is C21H22ClN5O3S. The third-order valence-corrected chi connectivity index (χ3v) is 5.52. The second kappa shape index (κ2) is 10.8. The number of nitrogens with zero attached hydrogens (tertiary/aromatic N) is 3. The van der Waals surface area contributed by atoms with E-state index in [1.807, 2.05) is 6.92 Å². The van der Waals surface area contributed by atoms with Crippen molar-refractivity contribution in [2.45, 2.75) is 18.5 Å². The maximum absolute atomic E-state index is 12.3. The Hall–Kier alpha value is -3.04. The van der Waals surface area contributed by atoms with Crippen LogP contribution in [-0.2, 0) is 23.1 Å². The third kappa shape index (κ3) is 6.47. The summed E-state index contributed by atoms with van der Waals surface area (Å²) in [5, 5.41) is 14.7. The second-order valence-corrected chi connectivity index (χ2v) is 7.81. The van der Waals surface area contributed by atoms with Gasteiger partial charge in [-0.05, 0) is 43.3 Å². The minimum atomic E-state index is -0.215. The van der Waals surface area contributed by atoms with Gasteiger partial charge in [-0.2, -0.15) is 0 Å². The van der Waals surface area contributed by atoms with Crippen molar-refractivity contribution in [3.05, 3.63) is 59.4 Å². The van der Waals surface area contributed by atoms with Crippen molar-refractivity contribution in [3.8, 4) is 5.75 Å². The zero-order valence-electron chi connectivity index (χ0n) is 17.1. The Bertz CT molecular complexity index is 1060. The van der Waals surface area contributed by atoms with Crippen LogP contribution in [0.15, 0.2) is 53.7 Å². The number of ether oxygens (including phenoxy) is 1. The first-order valence-corrected chi connectivity index (χ1v) is 10.9. The molecule has 2 amide bonds. The molecule has 0 fully saturated rings. The average molecular weight is 460 g/mol. The van der Waals surface area contributed by atoms with Gasteiger partial charge in [-0.1, -0.05) is 35.5 Å². The first kappa shape index (κ1) is 22.6. The molecule has 0 saturated carbocycles. The standard InChI is InChI=1S/C21H22ClN5O3S/c1-3-30-15-10-8-14(9-11-15)23-19(28)12-18-25-26-21(27(18)2)31-13-20(29)24-17-7-5-4-6-16(17)22/h4-11H,3,12-13H2,1-2H3,(H,23,28)(H,24,29). The molecule has 10 heteroatoms. The summed E-state index contributed by atoms with van der Waals surface area (Å²) in [7, 11) is 1.76. The number of hydrogen-bond donors (Lipinski definition) is 2. The summed E-state index contributed by atoms with van der Waals surface area (Å²) in [5.41, 5.74) is 1.22. The number of para-hydroxylation sites is 1. The van der Waals surface area contributed by atoms with Crippen molar-refractivity contribution in [1.29, 1.82) is 0 Å². The van der Waals surface area contributed by atoms with Gasteiger partial charge in [0.2, 0.25) is 11.8 Å². The van der Waals surface area contributed by atoms with E-state index in [4.69, 9.17) is 16.3 Å². The Morgan fingerprint density at radius 3 is 2.52 bits per heavy atom. The fourth-order valence-electron chi connectivity index (χ4n) is 2.65. The molecule has 0 aliphatic rings. The minimum absolute atomic E-state index is 0.0586. The van der Waals surface area contributed by atoms with Crippen molar-refractivity contribution < 1.29 is 14.3 Å². The normalized spacial score (nSPS) is 10.5. The number of rotatable bonds is 9. The number of nitrogens with one attached hydrogen (secondary N) is 2. The van der Waals surface area contributed by atoms with Crippen LogP contribution in [0.3, 0.4) is 0 Å². The molecular weight excluding hydrogens is 438 g/mol. The summed E-state index contributed by atoms with van der Waals surface area (Å²) in [4.78, 5) is 24.5. The molecule has 2 N–H and O–H groups in total. The maximum Gasteiger partial charge on any atom is 0.234 e. The Labute approximate surface area is 189 Å². The second-order valence-electron chi connectivity index (χ2n) is 6.46. The molecule has 1 aromatic heterocycles. The number of halogens is 1. The lowest BCUT2D eigenvalue weighted by Crippen LogP contribution is -2.17. The summed E-state index contributed by atoms with van der Waals surface area (Å²) in [6.45, 7) is 2.49. The van der Waals surface area contributed by atoms with Gasteiger partial charge in [0.05, 0.1) is 29.5 Å². The van der Waals surface area contributed by atoms with E-state index in [1.165, 1.54) is 11.8 Å². The van der Waals surface area contributed by atoms with Gasteiger partial charge in [0.1, 0.15) is 11.6 Å². The molecule has 31 heavy (non-hydrogen) atoms. The number of aromatic nitrogens is 3. The minimum Gasteiger partial charge on any atom is -0.494 e. The number of amides is 2. The molecule has 0 aliphatic heterocycles. The van der Waals surface area contributed by atoms with Gasteiger partial charge in [-0.15, -0.1) is 10.2 Å². The monoisotopic (exact) mass is 459 g/mol. The molecule has 0 aliphatic carbocycles. The average Bonchev–Trinajstić information content (AvgIpc) is 3.09. The zero-order chi connectivity index (χ0) is 22.2. The van der Waals surface area contributed by atoms with Crippen LogP contribution in [-0.4, -0.2) is 38.9 Å². The molecule has 3 aromatic rings. The molecule has 2 aromatic carbocycles. The highest BCUT2D eigenvalue weighted by Gasteiger charge is 2.15. The molecule has 8 nitrogen and oxygen atoms in total. The lowest BCUT2D eigenvalue weighted by atomic mass is 10.3. The number of carbonyl (C=O) groups is 2. The molecule has 0 saturated heterocycles. The number of carbonyl (C=O) groups excluding carboxylic acids is 2. The van der Waals surface area contributed by atoms with Crippen LogP contribution in [0.25, 0.3) is 0 Å². The van der Waals surface area contributed by atoms with Gasteiger partial charge in [0.15, 0.2) is 5.16 Å². The molecule has 0 atom stereocenters. The van der Waals surface area contributed by atoms with E-state index in [2.05, 4.69) is 20.8 Å². The number of hydrogen-bond acceptors (Lipinski definition) is 6. The van der Waals surface area contributed by atoms with E-state index < -0.39 is 0 Å². The fourth-order valence-corrected chi connectivity index (χ4v) is 3.57. The summed E-state index contributed by atoms with van der Waals surface area (Å²) >= 11 is 7.28. The highest BCUT2D eigenvalue weighted by atomic mass is 35.5. The van der Waals surface area contributed by atoms with Crippen LogP contribution >= 0.6 is 23.4 Å². The largest absolute Gasteiger partial charge is 0.494 e. The molecule has 1 heterocycles. The summed E-state index contributed by atoms with van der Waals surface area (Å²) in [6.07, 6.45) is 0.0586. The van der Waals surface area contributed by atoms with Crippen LogP contribution in [0.5, 0.6) is 5.75 Å². The lowest BCUT2D eigenvalue weighted by Gasteiger charge is -2.08. The highest BCUT2D eigenvalue weighted by molar-refractivity contribution is 7.99. The molecule has 3 rings (SSSR count). The fraction of sp³-hybridized carbons (Fsp3) is 0.238. The van der Waals surface area contributed by atoms with Crippen molar-refractivity contribution in [1.82, 2.24) is 14.8 Å². The van der Waals surface area contributed by atoms with Crippen LogP contribution in [0.1, 0.15) is 12.7 Å². The number of thioether (sulfide) groups is 1. The van der Waals surface area contributed by atoms with Gasteiger partial charge in [0, 0.05) is 12.7 Å². The summed E-state index contributed by atoms with van der Waals surface area (Å²) in [6, 6.07) is 14.2. The Kier molecular flexibility index (Phi) is 7.91. The van der Waals surface area contributed by atoms with Crippen molar-refractivity contribution >= 4 is 46.6 Å². The van der Waals surface area contributed by atoms with Crippen LogP contribution in [0, 0.1) is 0 Å². The Balaban J connectivity index is 1.51. The maximum atomic E-state index is 12.3. The summed E-state index contributed by atoms with van der Waals surface area (Å²) in [5.74, 6) is 0.949. The first-order valence-electron chi connectivity index (χ1n) is 9.54. The third-order valence-electron chi connectivity index (χ3n) is 4.17. The van der Waals surface area contributed by atoms with Crippen molar-refractivity contribution in [2.24, 2.45) is 7.05 Å². The van der Waals surface area contributed by atoms with E-state index in [0.29, 0.717) is 34.0 Å². The topological polar surface area (TPSA) is 98.1 Å². The van der Waals surface area contributed by atoms with Crippen molar-refractivity contribution in [2.75, 3.05) is 23.0 Å². The Morgan fingerprint density at radius 1 is 1.06 bits per heavy atom. The molecule has 0 spiro atoms. The van der Waals surface area contributed by atoms with E-state index in [-0.39, 0.29) is 24.0 Å². The first-order chi connectivity index (χ1) is 15.0. The van der Waals surface area contributed by atoms with Gasteiger partial charge < -0.3 is 19.9 Å². The zero-order valence-corrected chi connectivity index (χ0v) is 18.7. The van der Waals surface area contributed by atoms with Gasteiger partial charge in [-0.3, -0.25) is 9.59 Å². The predicted octanol–water partition coefficient (Wildman–Crippen LogP) is 3.78. The molecule has 162 valence electrons. The van der Waals surface area contributed by atoms with Gasteiger partial charge in [-0.25, -0.2) is 0 Å². The van der Waals surface area contributed by atoms with E-state index in [1.54, 1.807) is 60.1 Å². The lowest BCUT2D eigenvalue weighted by molar-refractivity contribution is -0.116. The van der Waals surface area contributed by atoms with Crippen LogP contribution in [0.2, 0.25) is 5.02 Å². The van der Waals surface area contributed by atoms with E-state index in [0.717, 1.165) is 5.75 Å². The smallest absolute Gasteiger partial charge is 0.234 e. The highest BCUT2D eigenvalue weighted by Crippen LogP contribution is 2.22. The molecule has 0 radical (unpaired) electrons. The SMILES string of the molecule is CCOc1ccc(NC(=O)Cc2nnc(SCC(=O)Nc3ccccc3Cl)n2C)cc1. The van der Waals surface area contributed by atoms with Crippen LogP contribution in [0.4, 0.5) is 11.4 Å². The molecule has 0 unspecified atom stereocenters. The summed E-state index contributed by atoms with van der Waals surface area (Å²) < 4.78 is 7.09. The van der Waals surface area contributed by atoms with Crippen molar-refractivity contribution in [3.63, 3.8) is 0 Å². The Morgan fingerprint density at radius 2 is 1.81 bits per heavy atom. The quantitative estimate of drug-likeness (QED) is 0.472. The number of anilines is 2. The van der Waals surface area contributed by atoms with Gasteiger partial charge >= 0.3 is 0 Å². The van der Waals surface area contributed by atoms with E-state index in [9.17, 15) is 9.59 Å². The molecule has 0 bridgehead atoms. The van der Waals surface area contributed by atoms with E-state index >= 15 is 0 Å². The van der Waals surface area contributed by atoms with Crippen LogP contribution < -0.4 is 15.4 Å². The van der Waals surface area contributed by atoms with Gasteiger partial charge in [0.25, 0.3) is 0 Å². The number of benzene rings is 2. The predicted molar refractivity (Wildman–Crippen MR) is 122 cm³/mol.